The normalized spacial score (nSPS) is 16.0. The van der Waals surface area contributed by atoms with Crippen molar-refractivity contribution < 1.29 is 19.1 Å². The van der Waals surface area contributed by atoms with Crippen molar-refractivity contribution in [3.05, 3.63) is 42.0 Å². The van der Waals surface area contributed by atoms with E-state index in [1.165, 1.54) is 0 Å². The van der Waals surface area contributed by atoms with Gasteiger partial charge in [-0.15, -0.1) is 0 Å². The lowest BCUT2D eigenvalue weighted by Gasteiger charge is -2.24. The number of rotatable bonds is 4. The summed E-state index contributed by atoms with van der Waals surface area (Å²) in [7, 11) is 1.60. The summed E-state index contributed by atoms with van der Waals surface area (Å²) in [5.41, 5.74) is 0.442. The summed E-state index contributed by atoms with van der Waals surface area (Å²) in [5, 5.41) is 1.60. The van der Waals surface area contributed by atoms with E-state index in [2.05, 4.69) is 0 Å². The average molecular weight is 355 g/mol. The van der Waals surface area contributed by atoms with Gasteiger partial charge in [0.15, 0.2) is 6.10 Å². The molecule has 0 saturated carbocycles. The third-order valence-corrected chi connectivity index (χ3v) is 4.87. The van der Waals surface area contributed by atoms with Crippen LogP contribution in [0.4, 0.5) is 0 Å². The summed E-state index contributed by atoms with van der Waals surface area (Å²) in [6.45, 7) is 3.13. The Hall–Kier alpha value is -2.56. The Bertz CT molecular complexity index is 794. The number of ether oxygens (including phenoxy) is 2. The van der Waals surface area contributed by atoms with Gasteiger partial charge in [0.1, 0.15) is 5.75 Å². The zero-order chi connectivity index (χ0) is 18.5. The molecule has 2 aromatic rings. The summed E-state index contributed by atoms with van der Waals surface area (Å²) >= 11 is 0. The molecule has 1 amide bonds. The quantitative estimate of drug-likeness (QED) is 0.783. The number of benzene rings is 2. The van der Waals surface area contributed by atoms with Crippen LogP contribution in [-0.2, 0) is 9.53 Å². The third kappa shape index (κ3) is 3.82. The Kier molecular flexibility index (Phi) is 5.76. The van der Waals surface area contributed by atoms with E-state index in [1.807, 2.05) is 29.2 Å². The molecule has 1 heterocycles. The lowest BCUT2D eigenvalue weighted by atomic mass is 10.0. The molecule has 0 unspecified atom stereocenters. The number of amides is 1. The van der Waals surface area contributed by atoms with Crippen LogP contribution in [0.3, 0.4) is 0 Å². The highest BCUT2D eigenvalue weighted by atomic mass is 16.5. The van der Waals surface area contributed by atoms with Crippen molar-refractivity contribution in [3.63, 3.8) is 0 Å². The third-order valence-electron chi connectivity index (χ3n) is 4.87. The van der Waals surface area contributed by atoms with Gasteiger partial charge in [0.2, 0.25) is 0 Å². The molecule has 0 N–H and O–H groups in total. The number of hydrogen-bond donors (Lipinski definition) is 0. The molecule has 5 heteroatoms. The fourth-order valence-corrected chi connectivity index (χ4v) is 3.45. The van der Waals surface area contributed by atoms with Crippen molar-refractivity contribution in [1.29, 1.82) is 0 Å². The van der Waals surface area contributed by atoms with Crippen LogP contribution in [0.5, 0.6) is 5.75 Å². The van der Waals surface area contributed by atoms with Gasteiger partial charge in [-0.1, -0.05) is 37.1 Å². The first kappa shape index (κ1) is 18.2. The average Bonchev–Trinajstić information content (AvgIpc) is 2.95. The Morgan fingerprint density at radius 3 is 2.27 bits per heavy atom. The molecule has 1 aliphatic rings. The first-order valence-electron chi connectivity index (χ1n) is 9.17. The minimum absolute atomic E-state index is 0.113. The van der Waals surface area contributed by atoms with E-state index in [9.17, 15) is 9.59 Å². The Labute approximate surface area is 153 Å². The van der Waals surface area contributed by atoms with E-state index >= 15 is 0 Å². The number of hydrogen-bond acceptors (Lipinski definition) is 4. The Morgan fingerprint density at radius 2 is 1.62 bits per heavy atom. The zero-order valence-electron chi connectivity index (χ0n) is 15.4. The van der Waals surface area contributed by atoms with Gasteiger partial charge in [-0.3, -0.25) is 4.79 Å². The highest BCUT2D eigenvalue weighted by Gasteiger charge is 2.25. The molecule has 5 nitrogen and oxygen atoms in total. The zero-order valence-corrected chi connectivity index (χ0v) is 15.4. The summed E-state index contributed by atoms with van der Waals surface area (Å²) in [4.78, 5) is 27.1. The molecular formula is C21H25NO4. The van der Waals surface area contributed by atoms with E-state index in [0.717, 1.165) is 49.5 Å². The lowest BCUT2D eigenvalue weighted by Crippen LogP contribution is -2.40. The number of likely N-dealkylation sites (tertiary alicyclic amines) is 1. The van der Waals surface area contributed by atoms with E-state index in [0.29, 0.717) is 11.3 Å². The monoisotopic (exact) mass is 355 g/mol. The lowest BCUT2D eigenvalue weighted by molar-refractivity contribution is -0.139. The van der Waals surface area contributed by atoms with Crippen molar-refractivity contribution in [1.82, 2.24) is 4.90 Å². The number of esters is 1. The molecule has 1 fully saturated rings. The largest absolute Gasteiger partial charge is 0.496 e. The standard InChI is InChI=1S/C21H25NO4/c1-15(20(23)22-13-7-3-4-8-14-22)26-21(24)18-11-12-19(25-2)17-10-6-5-9-16(17)18/h5-6,9-12,15H,3-4,7-8,13-14H2,1-2H3/t15-/m1/s1. The molecular weight excluding hydrogens is 330 g/mol. The number of carbonyl (C=O) groups excluding carboxylic acids is 2. The van der Waals surface area contributed by atoms with Crippen molar-refractivity contribution in [2.45, 2.75) is 38.7 Å². The van der Waals surface area contributed by atoms with Crippen LogP contribution in [0.15, 0.2) is 36.4 Å². The molecule has 1 aliphatic heterocycles. The molecule has 0 spiro atoms. The summed E-state index contributed by atoms with van der Waals surface area (Å²) in [5.74, 6) is 0.100. The maximum atomic E-state index is 12.7. The molecule has 0 aromatic heterocycles. The summed E-state index contributed by atoms with van der Waals surface area (Å²) in [6.07, 6.45) is 3.53. The molecule has 138 valence electrons. The highest BCUT2D eigenvalue weighted by Crippen LogP contribution is 2.29. The van der Waals surface area contributed by atoms with Crippen LogP contribution in [0.2, 0.25) is 0 Å². The number of carbonyl (C=O) groups is 2. The fraction of sp³-hybridized carbons (Fsp3) is 0.429. The molecule has 0 bridgehead atoms. The highest BCUT2D eigenvalue weighted by molar-refractivity contribution is 6.06. The van der Waals surface area contributed by atoms with Gasteiger partial charge >= 0.3 is 5.97 Å². The first-order valence-corrected chi connectivity index (χ1v) is 9.17. The molecule has 0 radical (unpaired) electrons. The predicted octanol–water partition coefficient (Wildman–Crippen LogP) is 3.80. The van der Waals surface area contributed by atoms with E-state index in [4.69, 9.17) is 9.47 Å². The molecule has 26 heavy (non-hydrogen) atoms. The maximum Gasteiger partial charge on any atom is 0.339 e. The van der Waals surface area contributed by atoms with Crippen LogP contribution in [0, 0.1) is 0 Å². The molecule has 2 aromatic carbocycles. The SMILES string of the molecule is COc1ccc(C(=O)O[C@H](C)C(=O)N2CCCCCC2)c2ccccc12. The van der Waals surface area contributed by atoms with Gasteiger partial charge in [-0.2, -0.15) is 0 Å². The summed E-state index contributed by atoms with van der Waals surface area (Å²) in [6, 6.07) is 11.0. The maximum absolute atomic E-state index is 12.7. The minimum atomic E-state index is -0.790. The Balaban J connectivity index is 1.77. The van der Waals surface area contributed by atoms with Crippen LogP contribution in [0.25, 0.3) is 10.8 Å². The predicted molar refractivity (Wildman–Crippen MR) is 100 cm³/mol. The molecule has 3 rings (SSSR count). The van der Waals surface area contributed by atoms with Crippen molar-refractivity contribution in [2.24, 2.45) is 0 Å². The number of nitrogens with zero attached hydrogens (tertiary/aromatic N) is 1. The van der Waals surface area contributed by atoms with E-state index in [-0.39, 0.29) is 5.91 Å². The Morgan fingerprint density at radius 1 is 0.962 bits per heavy atom. The molecule has 1 atom stereocenters. The number of fused-ring (bicyclic) bond motifs is 1. The number of methoxy groups -OCH3 is 1. The van der Waals surface area contributed by atoms with Crippen molar-refractivity contribution in [2.75, 3.05) is 20.2 Å². The van der Waals surface area contributed by atoms with Crippen LogP contribution >= 0.6 is 0 Å². The van der Waals surface area contributed by atoms with Gasteiger partial charge in [0.05, 0.1) is 12.7 Å². The second kappa shape index (κ2) is 8.21. The fourth-order valence-electron chi connectivity index (χ4n) is 3.45. The van der Waals surface area contributed by atoms with Gasteiger partial charge in [0, 0.05) is 18.5 Å². The smallest absolute Gasteiger partial charge is 0.339 e. The van der Waals surface area contributed by atoms with Crippen molar-refractivity contribution in [3.8, 4) is 5.75 Å². The van der Waals surface area contributed by atoms with Crippen molar-refractivity contribution >= 4 is 22.6 Å². The van der Waals surface area contributed by atoms with E-state index in [1.54, 1.807) is 26.2 Å². The summed E-state index contributed by atoms with van der Waals surface area (Å²) < 4.78 is 10.9. The van der Waals surface area contributed by atoms with Crippen LogP contribution in [-0.4, -0.2) is 43.1 Å². The van der Waals surface area contributed by atoms with Gasteiger partial charge in [-0.25, -0.2) is 4.79 Å². The molecule has 1 saturated heterocycles. The van der Waals surface area contributed by atoms with Gasteiger partial charge in [-0.05, 0) is 37.3 Å². The van der Waals surface area contributed by atoms with Crippen LogP contribution < -0.4 is 4.74 Å². The van der Waals surface area contributed by atoms with Gasteiger partial charge < -0.3 is 14.4 Å². The second-order valence-electron chi connectivity index (χ2n) is 6.65. The van der Waals surface area contributed by atoms with Crippen LogP contribution in [0.1, 0.15) is 43.0 Å². The minimum Gasteiger partial charge on any atom is -0.496 e. The van der Waals surface area contributed by atoms with E-state index < -0.39 is 12.1 Å². The topological polar surface area (TPSA) is 55.8 Å². The first-order chi connectivity index (χ1) is 12.6. The van der Waals surface area contributed by atoms with Gasteiger partial charge in [0.25, 0.3) is 5.91 Å². The molecule has 0 aliphatic carbocycles. The second-order valence-corrected chi connectivity index (χ2v) is 6.65.